The monoisotopic (exact) mass is 606 g/mol. The smallest absolute Gasteiger partial charge is 0.337 e. The highest BCUT2D eigenvalue weighted by Crippen LogP contribution is 2.44. The first kappa shape index (κ1) is 27.9. The Morgan fingerprint density at radius 3 is 2.70 bits per heavy atom. The van der Waals surface area contributed by atoms with E-state index in [1.165, 1.54) is 13.2 Å². The van der Waals surface area contributed by atoms with Gasteiger partial charge in [0.2, 0.25) is 0 Å². The molecular formula is C32H32ClFN4O5. The zero-order valence-corrected chi connectivity index (χ0v) is 24.6. The molecule has 224 valence electrons. The predicted octanol–water partition coefficient (Wildman–Crippen LogP) is 5.24. The van der Waals surface area contributed by atoms with Crippen molar-refractivity contribution in [2.45, 2.75) is 31.7 Å². The first-order chi connectivity index (χ1) is 21.0. The van der Waals surface area contributed by atoms with E-state index in [2.05, 4.69) is 14.4 Å². The van der Waals surface area contributed by atoms with Crippen LogP contribution in [0.15, 0.2) is 54.6 Å². The Bertz CT molecular complexity index is 1670. The molecule has 0 bridgehead atoms. The van der Waals surface area contributed by atoms with E-state index in [9.17, 15) is 9.18 Å². The van der Waals surface area contributed by atoms with Crippen LogP contribution < -0.4 is 14.4 Å². The Balaban J connectivity index is 1.07. The zero-order chi connectivity index (χ0) is 29.5. The predicted molar refractivity (Wildman–Crippen MR) is 160 cm³/mol. The van der Waals surface area contributed by atoms with Crippen molar-refractivity contribution in [1.29, 1.82) is 0 Å². The summed E-state index contributed by atoms with van der Waals surface area (Å²) in [6.45, 7) is 5.54. The van der Waals surface area contributed by atoms with E-state index in [1.54, 1.807) is 18.2 Å². The quantitative estimate of drug-likeness (QED) is 0.265. The van der Waals surface area contributed by atoms with Gasteiger partial charge in [-0.1, -0.05) is 23.7 Å². The van der Waals surface area contributed by atoms with Crippen molar-refractivity contribution in [1.82, 2.24) is 14.5 Å². The van der Waals surface area contributed by atoms with E-state index in [4.69, 9.17) is 35.5 Å². The second-order valence-corrected chi connectivity index (χ2v) is 11.5. The number of ether oxygens (including phenoxy) is 4. The van der Waals surface area contributed by atoms with Crippen LogP contribution in [-0.4, -0.2) is 73.0 Å². The molecule has 0 aliphatic carbocycles. The van der Waals surface area contributed by atoms with Crippen LogP contribution in [0.3, 0.4) is 0 Å². The summed E-state index contributed by atoms with van der Waals surface area (Å²) in [5, 5.41) is 0.342. The Morgan fingerprint density at radius 2 is 1.95 bits per heavy atom. The number of para-hydroxylation sites is 1. The van der Waals surface area contributed by atoms with Gasteiger partial charge in [0, 0.05) is 43.4 Å². The molecule has 3 aromatic carbocycles. The van der Waals surface area contributed by atoms with E-state index >= 15 is 0 Å². The van der Waals surface area contributed by atoms with Crippen molar-refractivity contribution in [3.8, 4) is 11.5 Å². The highest BCUT2D eigenvalue weighted by Gasteiger charge is 2.30. The average molecular weight is 607 g/mol. The van der Waals surface area contributed by atoms with Crippen molar-refractivity contribution in [2.24, 2.45) is 0 Å². The largest absolute Gasteiger partial charge is 0.485 e. The number of nitrogens with zero attached hydrogens (tertiary/aromatic N) is 4. The number of carbonyl (C=O) groups is 1. The van der Waals surface area contributed by atoms with Gasteiger partial charge in [0.25, 0.3) is 0 Å². The minimum Gasteiger partial charge on any atom is -0.485 e. The van der Waals surface area contributed by atoms with Crippen molar-refractivity contribution >= 4 is 34.3 Å². The van der Waals surface area contributed by atoms with Gasteiger partial charge in [-0.15, -0.1) is 0 Å². The Kier molecular flexibility index (Phi) is 7.58. The third-order valence-electron chi connectivity index (χ3n) is 8.42. The molecule has 1 aromatic heterocycles. The third-order valence-corrected chi connectivity index (χ3v) is 8.66. The van der Waals surface area contributed by atoms with E-state index in [-0.39, 0.29) is 18.7 Å². The molecule has 3 aliphatic heterocycles. The first-order valence-corrected chi connectivity index (χ1v) is 14.9. The summed E-state index contributed by atoms with van der Waals surface area (Å²) in [6.07, 6.45) is 0.582. The number of esters is 1. The third kappa shape index (κ3) is 5.50. The molecule has 4 aromatic rings. The number of hydrogen-bond donors (Lipinski definition) is 0. The summed E-state index contributed by atoms with van der Waals surface area (Å²) in [5.74, 6) is 1.46. The van der Waals surface area contributed by atoms with E-state index in [1.807, 2.05) is 30.3 Å². The van der Waals surface area contributed by atoms with Crippen molar-refractivity contribution in [2.75, 3.05) is 51.4 Å². The molecule has 0 amide bonds. The summed E-state index contributed by atoms with van der Waals surface area (Å²) >= 11 is 5.96. The van der Waals surface area contributed by atoms with Crippen LogP contribution in [0.5, 0.6) is 11.5 Å². The lowest BCUT2D eigenvalue weighted by Crippen LogP contribution is -2.46. The SMILES string of the molecule is COC(=O)c1ccc2nc(CN3CCN(c4cccc5c4O[C@H](c4ccc(Cl)cc4F)CO5)CC3)n(C[C@@H]3CCO3)c2c1. The molecular weight excluding hydrogens is 575 g/mol. The molecule has 0 N–H and O–H groups in total. The number of imidazole rings is 1. The summed E-state index contributed by atoms with van der Waals surface area (Å²) in [7, 11) is 1.39. The fraction of sp³-hybridized carbons (Fsp3) is 0.375. The molecule has 2 atom stereocenters. The number of benzene rings is 3. The molecule has 9 nitrogen and oxygen atoms in total. The van der Waals surface area contributed by atoms with Crippen LogP contribution in [0.4, 0.5) is 10.1 Å². The van der Waals surface area contributed by atoms with Gasteiger partial charge in [-0.2, -0.15) is 0 Å². The van der Waals surface area contributed by atoms with Gasteiger partial charge in [0.1, 0.15) is 18.2 Å². The summed E-state index contributed by atoms with van der Waals surface area (Å²) < 4.78 is 39.9. The highest BCUT2D eigenvalue weighted by molar-refractivity contribution is 6.30. The number of piperazine rings is 1. The lowest BCUT2D eigenvalue weighted by atomic mass is 10.1. The lowest BCUT2D eigenvalue weighted by molar-refractivity contribution is -0.0592. The molecule has 2 fully saturated rings. The maximum absolute atomic E-state index is 14.7. The minimum atomic E-state index is -0.570. The Hall–Kier alpha value is -3.86. The van der Waals surface area contributed by atoms with Gasteiger partial charge in [-0.05, 0) is 48.9 Å². The van der Waals surface area contributed by atoms with Crippen LogP contribution in [0.25, 0.3) is 11.0 Å². The van der Waals surface area contributed by atoms with Gasteiger partial charge < -0.3 is 28.4 Å². The standard InChI is InChI=1S/C32H32ClFN4O5/c1-40-32(39)20-5-8-25-27(15-20)38(17-22-9-14-41-22)30(35-25)18-36-10-12-37(13-11-36)26-3-2-4-28-31(26)43-29(19-42-28)23-7-6-21(33)16-24(23)34/h2-8,15-16,22,29H,9-14,17-19H2,1H3/t22-,29-/m0/s1. The maximum Gasteiger partial charge on any atom is 0.337 e. The fourth-order valence-corrected chi connectivity index (χ4v) is 6.12. The second-order valence-electron chi connectivity index (χ2n) is 11.1. The van der Waals surface area contributed by atoms with Crippen molar-refractivity contribution < 1.29 is 28.1 Å². The summed E-state index contributed by atoms with van der Waals surface area (Å²) in [6, 6.07) is 16.0. The van der Waals surface area contributed by atoms with Gasteiger partial charge >= 0.3 is 5.97 Å². The summed E-state index contributed by atoms with van der Waals surface area (Å²) in [4.78, 5) is 21.8. The first-order valence-electron chi connectivity index (χ1n) is 14.5. The van der Waals surface area contributed by atoms with Crippen LogP contribution in [0, 0.1) is 5.82 Å². The molecule has 0 spiro atoms. The topological polar surface area (TPSA) is 78.3 Å². The number of halogens is 2. The van der Waals surface area contributed by atoms with Gasteiger partial charge in [-0.25, -0.2) is 14.2 Å². The molecule has 11 heteroatoms. The van der Waals surface area contributed by atoms with Crippen LogP contribution in [0.2, 0.25) is 5.02 Å². The fourth-order valence-electron chi connectivity index (χ4n) is 5.96. The number of hydrogen-bond acceptors (Lipinski definition) is 8. The van der Waals surface area contributed by atoms with Crippen molar-refractivity contribution in [3.05, 3.63) is 82.4 Å². The normalized spacial score (nSPS) is 20.2. The Labute approximate surface area is 253 Å². The molecule has 0 saturated carbocycles. The maximum atomic E-state index is 14.7. The second kappa shape index (κ2) is 11.7. The molecule has 3 aliphatic rings. The van der Waals surface area contributed by atoms with Gasteiger partial charge in [-0.3, -0.25) is 4.90 Å². The molecule has 2 saturated heterocycles. The van der Waals surface area contributed by atoms with Crippen LogP contribution >= 0.6 is 11.6 Å². The minimum absolute atomic E-state index is 0.145. The zero-order valence-electron chi connectivity index (χ0n) is 23.8. The molecule has 4 heterocycles. The number of anilines is 1. The molecule has 0 radical (unpaired) electrons. The average Bonchev–Trinajstić information content (AvgIpc) is 3.34. The van der Waals surface area contributed by atoms with E-state index in [0.717, 1.165) is 61.8 Å². The number of aromatic nitrogens is 2. The van der Waals surface area contributed by atoms with Gasteiger partial charge in [0.05, 0.1) is 48.6 Å². The van der Waals surface area contributed by atoms with Gasteiger partial charge in [0.15, 0.2) is 17.6 Å². The number of rotatable bonds is 7. The number of fused-ring (bicyclic) bond motifs is 2. The van der Waals surface area contributed by atoms with Crippen LogP contribution in [-0.2, 0) is 22.6 Å². The number of methoxy groups -OCH3 is 1. The Morgan fingerprint density at radius 1 is 1.12 bits per heavy atom. The number of carbonyl (C=O) groups excluding carboxylic acids is 1. The van der Waals surface area contributed by atoms with Crippen molar-refractivity contribution in [3.63, 3.8) is 0 Å². The summed E-state index contributed by atoms with van der Waals surface area (Å²) in [5.41, 5.74) is 3.61. The molecule has 43 heavy (non-hydrogen) atoms. The lowest BCUT2D eigenvalue weighted by Gasteiger charge is -2.38. The highest BCUT2D eigenvalue weighted by atomic mass is 35.5. The molecule has 0 unspecified atom stereocenters. The van der Waals surface area contributed by atoms with E-state index in [0.29, 0.717) is 40.7 Å². The van der Waals surface area contributed by atoms with E-state index < -0.39 is 11.9 Å². The molecule has 7 rings (SSSR count). The van der Waals surface area contributed by atoms with Crippen LogP contribution in [0.1, 0.15) is 34.3 Å².